The van der Waals surface area contributed by atoms with E-state index >= 15 is 0 Å². The second-order valence-corrected chi connectivity index (χ2v) is 7.62. The van der Waals surface area contributed by atoms with Gasteiger partial charge in [0.05, 0.1) is 23.4 Å². The van der Waals surface area contributed by atoms with Crippen molar-refractivity contribution in [2.45, 2.75) is 19.0 Å². The minimum Gasteiger partial charge on any atom is -0.323 e. The molecule has 1 aromatic rings. The molecule has 2 rings (SSSR count). The zero-order chi connectivity index (χ0) is 18.1. The van der Waals surface area contributed by atoms with Gasteiger partial charge in [0.25, 0.3) is 0 Å². The Labute approximate surface area is 136 Å². The summed E-state index contributed by atoms with van der Waals surface area (Å²) in [5.74, 6) is -2.45. The van der Waals surface area contributed by atoms with Crippen LogP contribution in [0.1, 0.15) is 18.4 Å². The van der Waals surface area contributed by atoms with Crippen molar-refractivity contribution in [2.24, 2.45) is 5.92 Å². The van der Waals surface area contributed by atoms with Gasteiger partial charge in [-0.3, -0.25) is 4.79 Å². The van der Waals surface area contributed by atoms with Gasteiger partial charge >= 0.3 is 6.18 Å². The van der Waals surface area contributed by atoms with Crippen molar-refractivity contribution in [1.29, 1.82) is 0 Å². The van der Waals surface area contributed by atoms with Crippen molar-refractivity contribution in [3.63, 3.8) is 0 Å². The predicted octanol–water partition coefficient (Wildman–Crippen LogP) is 2.45. The molecule has 1 fully saturated rings. The molecule has 134 valence electrons. The van der Waals surface area contributed by atoms with Gasteiger partial charge in [-0.05, 0) is 31.0 Å². The number of sulfonamides is 1. The van der Waals surface area contributed by atoms with E-state index in [0.29, 0.717) is 31.0 Å². The van der Waals surface area contributed by atoms with Crippen molar-refractivity contribution in [3.05, 3.63) is 29.6 Å². The number of hydrogen-bond acceptors (Lipinski definition) is 3. The zero-order valence-electron chi connectivity index (χ0n) is 12.7. The molecule has 1 aliphatic heterocycles. The second-order valence-electron chi connectivity index (χ2n) is 5.64. The van der Waals surface area contributed by atoms with Gasteiger partial charge in [-0.1, -0.05) is 0 Å². The minimum absolute atomic E-state index is 0.0781. The fourth-order valence-corrected chi connectivity index (χ4v) is 3.40. The minimum atomic E-state index is -4.66. The van der Waals surface area contributed by atoms with Crippen LogP contribution >= 0.6 is 0 Å². The van der Waals surface area contributed by atoms with E-state index < -0.39 is 45.1 Å². The van der Waals surface area contributed by atoms with E-state index in [9.17, 15) is 30.8 Å². The molecular weight excluding hydrogens is 352 g/mol. The van der Waals surface area contributed by atoms with Crippen LogP contribution in [-0.4, -0.2) is 38.0 Å². The van der Waals surface area contributed by atoms with Crippen molar-refractivity contribution >= 4 is 21.6 Å². The molecule has 1 atom stereocenters. The van der Waals surface area contributed by atoms with Crippen LogP contribution in [0.3, 0.4) is 0 Å². The molecule has 1 unspecified atom stereocenters. The summed E-state index contributed by atoms with van der Waals surface area (Å²) in [4.78, 5) is 12.2. The van der Waals surface area contributed by atoms with Gasteiger partial charge in [0.2, 0.25) is 15.9 Å². The Kier molecular flexibility index (Phi) is 5.19. The second kappa shape index (κ2) is 6.67. The largest absolute Gasteiger partial charge is 0.416 e. The highest BCUT2D eigenvalue weighted by Crippen LogP contribution is 2.32. The highest BCUT2D eigenvalue weighted by Gasteiger charge is 2.33. The van der Waals surface area contributed by atoms with E-state index in [1.165, 1.54) is 0 Å². The lowest BCUT2D eigenvalue weighted by molar-refractivity contribution is -0.137. The number of alkyl halides is 3. The number of hydrogen-bond donors (Lipinski definition) is 1. The van der Waals surface area contributed by atoms with Crippen LogP contribution in [0.2, 0.25) is 0 Å². The average molecular weight is 368 g/mol. The molecule has 10 heteroatoms. The summed E-state index contributed by atoms with van der Waals surface area (Å²) in [5.41, 5.74) is -1.66. The van der Waals surface area contributed by atoms with Gasteiger partial charge in [-0.25, -0.2) is 17.1 Å². The molecule has 0 aromatic heterocycles. The lowest BCUT2D eigenvalue weighted by atomic mass is 9.98. The third kappa shape index (κ3) is 4.44. The van der Waals surface area contributed by atoms with Crippen molar-refractivity contribution < 1.29 is 30.8 Å². The maximum absolute atomic E-state index is 13.7. The van der Waals surface area contributed by atoms with Crippen molar-refractivity contribution in [3.8, 4) is 0 Å². The van der Waals surface area contributed by atoms with E-state index in [2.05, 4.69) is 5.32 Å². The maximum atomic E-state index is 13.7. The van der Waals surface area contributed by atoms with Crippen molar-refractivity contribution in [1.82, 2.24) is 4.31 Å². The van der Waals surface area contributed by atoms with Gasteiger partial charge < -0.3 is 5.32 Å². The first kappa shape index (κ1) is 18.7. The molecule has 0 saturated carbocycles. The predicted molar refractivity (Wildman–Crippen MR) is 79.2 cm³/mol. The number of halogens is 4. The molecule has 0 spiro atoms. The molecule has 1 aliphatic rings. The SMILES string of the molecule is CS(=O)(=O)N1CCCC(C(=O)Nc2cc(C(F)(F)F)ccc2F)C1. The molecule has 5 nitrogen and oxygen atoms in total. The van der Waals surface area contributed by atoms with Crippen LogP contribution in [0.5, 0.6) is 0 Å². The summed E-state index contributed by atoms with van der Waals surface area (Å²) in [5, 5.41) is 2.13. The fraction of sp³-hybridized carbons (Fsp3) is 0.500. The standard InChI is InChI=1S/C14H16F4N2O3S/c1-24(22,23)20-6-2-3-9(8-20)13(21)19-12-7-10(14(16,17)18)4-5-11(12)15/h4-5,7,9H,2-3,6,8H2,1H3,(H,19,21). The highest BCUT2D eigenvalue weighted by atomic mass is 32.2. The maximum Gasteiger partial charge on any atom is 0.416 e. The third-order valence-corrected chi connectivity index (χ3v) is 5.05. The zero-order valence-corrected chi connectivity index (χ0v) is 13.5. The fourth-order valence-electron chi connectivity index (χ4n) is 2.49. The molecule has 0 bridgehead atoms. The Balaban J connectivity index is 2.15. The summed E-state index contributed by atoms with van der Waals surface area (Å²) in [7, 11) is -3.47. The Bertz CT molecular complexity index is 734. The summed E-state index contributed by atoms with van der Waals surface area (Å²) >= 11 is 0. The summed E-state index contributed by atoms with van der Waals surface area (Å²) in [6.07, 6.45) is -2.83. The van der Waals surface area contributed by atoms with Gasteiger partial charge in [0, 0.05) is 13.1 Å². The van der Waals surface area contributed by atoms with Crippen LogP contribution in [0.25, 0.3) is 0 Å². The number of nitrogens with one attached hydrogen (secondary N) is 1. The number of carbonyl (C=O) groups is 1. The molecule has 1 heterocycles. The molecule has 0 radical (unpaired) electrons. The summed E-state index contributed by atoms with van der Waals surface area (Å²) in [6.45, 7) is 0.200. The van der Waals surface area contributed by atoms with E-state index in [0.717, 1.165) is 10.6 Å². The molecule has 1 amide bonds. The molecular formula is C14H16F4N2O3S. The Morgan fingerprint density at radius 2 is 2.00 bits per heavy atom. The lowest BCUT2D eigenvalue weighted by Gasteiger charge is -2.30. The number of piperidine rings is 1. The number of benzene rings is 1. The lowest BCUT2D eigenvalue weighted by Crippen LogP contribution is -2.43. The first-order valence-electron chi connectivity index (χ1n) is 7.11. The van der Waals surface area contributed by atoms with Crippen LogP contribution < -0.4 is 5.32 Å². The van der Waals surface area contributed by atoms with E-state index in [1.807, 2.05) is 0 Å². The number of anilines is 1. The molecule has 1 N–H and O–H groups in total. The summed E-state index contributed by atoms with van der Waals surface area (Å²) in [6, 6.07) is 1.73. The summed E-state index contributed by atoms with van der Waals surface area (Å²) < 4.78 is 75.9. The first-order valence-corrected chi connectivity index (χ1v) is 8.96. The number of nitrogens with zero attached hydrogens (tertiary/aromatic N) is 1. The Morgan fingerprint density at radius 1 is 1.33 bits per heavy atom. The molecule has 0 aliphatic carbocycles. The van der Waals surface area contributed by atoms with E-state index in [4.69, 9.17) is 0 Å². The monoisotopic (exact) mass is 368 g/mol. The third-order valence-electron chi connectivity index (χ3n) is 3.78. The number of amides is 1. The number of carbonyl (C=O) groups excluding carboxylic acids is 1. The smallest absolute Gasteiger partial charge is 0.323 e. The van der Waals surface area contributed by atoms with E-state index in [-0.39, 0.29) is 13.1 Å². The van der Waals surface area contributed by atoms with E-state index in [1.54, 1.807) is 0 Å². The van der Waals surface area contributed by atoms with Crippen LogP contribution in [0.4, 0.5) is 23.2 Å². The highest BCUT2D eigenvalue weighted by molar-refractivity contribution is 7.88. The van der Waals surface area contributed by atoms with Crippen LogP contribution in [0.15, 0.2) is 18.2 Å². The van der Waals surface area contributed by atoms with Gasteiger partial charge in [0.15, 0.2) is 0 Å². The normalized spacial score (nSPS) is 20.0. The van der Waals surface area contributed by atoms with Crippen molar-refractivity contribution in [2.75, 3.05) is 24.7 Å². The van der Waals surface area contributed by atoms with Gasteiger partial charge in [-0.2, -0.15) is 13.2 Å². The van der Waals surface area contributed by atoms with Crippen LogP contribution in [0, 0.1) is 11.7 Å². The average Bonchev–Trinajstić information content (AvgIpc) is 2.47. The van der Waals surface area contributed by atoms with Crippen LogP contribution in [-0.2, 0) is 21.0 Å². The quantitative estimate of drug-likeness (QED) is 0.834. The number of rotatable bonds is 3. The molecule has 24 heavy (non-hydrogen) atoms. The van der Waals surface area contributed by atoms with Gasteiger partial charge in [0.1, 0.15) is 5.82 Å². The molecule has 1 saturated heterocycles. The topological polar surface area (TPSA) is 66.5 Å². The Morgan fingerprint density at radius 3 is 2.58 bits per heavy atom. The first-order chi connectivity index (χ1) is 11.0. The molecule has 1 aromatic carbocycles. The van der Waals surface area contributed by atoms with Gasteiger partial charge in [-0.15, -0.1) is 0 Å². The Hall–Kier alpha value is -1.68.